The zero-order chi connectivity index (χ0) is 15.8. The van der Waals surface area contributed by atoms with Crippen molar-refractivity contribution in [1.82, 2.24) is 19.9 Å². The van der Waals surface area contributed by atoms with Crippen LogP contribution < -0.4 is 15.5 Å². The van der Waals surface area contributed by atoms with E-state index in [4.69, 9.17) is 17.3 Å². The zero-order valence-corrected chi connectivity index (χ0v) is 13.8. The van der Waals surface area contributed by atoms with Crippen LogP contribution in [0.1, 0.15) is 0 Å². The third kappa shape index (κ3) is 2.87. The molecule has 0 spiro atoms. The average molecular weight is 348 g/mol. The summed E-state index contributed by atoms with van der Waals surface area (Å²) in [5.41, 5.74) is 6.62. The van der Waals surface area contributed by atoms with Crippen molar-refractivity contribution < 1.29 is 0 Å². The minimum Gasteiger partial charge on any atom is -0.368 e. The van der Waals surface area contributed by atoms with Crippen LogP contribution in [0.2, 0.25) is 5.15 Å². The van der Waals surface area contributed by atoms with E-state index >= 15 is 0 Å². The fraction of sp³-hybridized carbons (Fsp3) is 0.286. The highest BCUT2D eigenvalue weighted by atomic mass is 35.5. The van der Waals surface area contributed by atoms with E-state index < -0.39 is 0 Å². The predicted molar refractivity (Wildman–Crippen MR) is 93.3 cm³/mol. The molecule has 4 heterocycles. The second-order valence-electron chi connectivity index (χ2n) is 5.21. The molecule has 4 rings (SSSR count). The third-order valence-electron chi connectivity index (χ3n) is 3.73. The number of aromatic nitrogens is 4. The molecule has 7 nitrogen and oxygen atoms in total. The van der Waals surface area contributed by atoms with E-state index in [-0.39, 0.29) is 5.95 Å². The van der Waals surface area contributed by atoms with Crippen LogP contribution in [-0.4, -0.2) is 46.1 Å². The standard InChI is InChI=1S/C14H14ClN7S/c15-10-8-11(20-13(16)19-10)21-4-6-22(7-5-21)14-18-9-2-1-3-17-12(9)23-14/h1-3,8H,4-7H2,(H2,16,19,20). The highest BCUT2D eigenvalue weighted by Gasteiger charge is 2.21. The van der Waals surface area contributed by atoms with Crippen LogP contribution in [0.4, 0.5) is 16.9 Å². The molecule has 9 heteroatoms. The van der Waals surface area contributed by atoms with E-state index in [2.05, 4.69) is 29.7 Å². The van der Waals surface area contributed by atoms with Gasteiger partial charge in [0.05, 0.1) is 0 Å². The van der Waals surface area contributed by atoms with Gasteiger partial charge in [0.1, 0.15) is 21.3 Å². The normalized spacial score (nSPS) is 15.3. The van der Waals surface area contributed by atoms with Gasteiger partial charge in [0.25, 0.3) is 0 Å². The quantitative estimate of drug-likeness (QED) is 0.710. The van der Waals surface area contributed by atoms with Gasteiger partial charge in [0, 0.05) is 38.4 Å². The first-order valence-corrected chi connectivity index (χ1v) is 8.40. The summed E-state index contributed by atoms with van der Waals surface area (Å²) in [5.74, 6) is 0.972. The molecule has 0 amide bonds. The molecular formula is C14H14ClN7S. The van der Waals surface area contributed by atoms with Crippen molar-refractivity contribution in [1.29, 1.82) is 0 Å². The van der Waals surface area contributed by atoms with Gasteiger partial charge in [-0.2, -0.15) is 4.98 Å². The molecule has 0 saturated carbocycles. The Morgan fingerprint density at radius 1 is 1.09 bits per heavy atom. The molecular weight excluding hydrogens is 334 g/mol. The number of nitrogens with two attached hydrogens (primary N) is 1. The Morgan fingerprint density at radius 3 is 2.61 bits per heavy atom. The number of pyridine rings is 1. The van der Waals surface area contributed by atoms with Gasteiger partial charge in [0.2, 0.25) is 5.95 Å². The SMILES string of the molecule is Nc1nc(Cl)cc(N2CCN(c3nc4cccnc4s3)CC2)n1. The van der Waals surface area contributed by atoms with Crippen molar-refractivity contribution in [2.24, 2.45) is 0 Å². The van der Waals surface area contributed by atoms with Crippen molar-refractivity contribution in [2.45, 2.75) is 0 Å². The van der Waals surface area contributed by atoms with Crippen molar-refractivity contribution in [3.05, 3.63) is 29.5 Å². The monoisotopic (exact) mass is 347 g/mol. The molecule has 2 N–H and O–H groups in total. The van der Waals surface area contributed by atoms with Gasteiger partial charge < -0.3 is 15.5 Å². The number of rotatable bonds is 2. The number of fused-ring (bicyclic) bond motifs is 1. The maximum absolute atomic E-state index is 5.96. The lowest BCUT2D eigenvalue weighted by atomic mass is 10.3. The molecule has 0 bridgehead atoms. The van der Waals surface area contributed by atoms with Crippen molar-refractivity contribution >= 4 is 50.2 Å². The fourth-order valence-electron chi connectivity index (χ4n) is 2.61. The topological polar surface area (TPSA) is 84.1 Å². The maximum atomic E-state index is 5.96. The van der Waals surface area contributed by atoms with Crippen LogP contribution in [0.5, 0.6) is 0 Å². The zero-order valence-electron chi connectivity index (χ0n) is 12.2. The lowest BCUT2D eigenvalue weighted by molar-refractivity contribution is 0.646. The number of hydrogen-bond donors (Lipinski definition) is 1. The van der Waals surface area contributed by atoms with Crippen LogP contribution in [0.15, 0.2) is 24.4 Å². The summed E-state index contributed by atoms with van der Waals surface area (Å²) >= 11 is 7.58. The van der Waals surface area contributed by atoms with Gasteiger partial charge in [-0.05, 0) is 12.1 Å². The minimum atomic E-state index is 0.201. The van der Waals surface area contributed by atoms with Gasteiger partial charge in [0.15, 0.2) is 5.13 Å². The first-order valence-electron chi connectivity index (χ1n) is 7.20. The van der Waals surface area contributed by atoms with Gasteiger partial charge >= 0.3 is 0 Å². The molecule has 0 atom stereocenters. The summed E-state index contributed by atoms with van der Waals surface area (Å²) in [6.45, 7) is 3.38. The predicted octanol–water partition coefficient (Wildman–Crippen LogP) is 2.04. The molecule has 3 aromatic rings. The molecule has 1 aliphatic heterocycles. The van der Waals surface area contributed by atoms with E-state index in [9.17, 15) is 0 Å². The number of thiazole rings is 1. The Labute approximate surface area is 141 Å². The third-order valence-corrected chi connectivity index (χ3v) is 4.96. The highest BCUT2D eigenvalue weighted by Crippen LogP contribution is 2.28. The number of halogens is 1. The molecule has 0 aliphatic carbocycles. The van der Waals surface area contributed by atoms with Crippen LogP contribution in [0, 0.1) is 0 Å². The van der Waals surface area contributed by atoms with Crippen molar-refractivity contribution in [3.63, 3.8) is 0 Å². The molecule has 0 aromatic carbocycles. The van der Waals surface area contributed by atoms with E-state index in [0.717, 1.165) is 47.5 Å². The average Bonchev–Trinajstić information content (AvgIpc) is 2.98. The highest BCUT2D eigenvalue weighted by molar-refractivity contribution is 7.21. The van der Waals surface area contributed by atoms with E-state index in [1.54, 1.807) is 23.6 Å². The second kappa shape index (κ2) is 5.78. The number of nitrogens with zero attached hydrogens (tertiary/aromatic N) is 6. The van der Waals surface area contributed by atoms with Crippen molar-refractivity contribution in [3.8, 4) is 0 Å². The Morgan fingerprint density at radius 2 is 1.87 bits per heavy atom. The van der Waals surface area contributed by atoms with Crippen LogP contribution in [0.25, 0.3) is 10.3 Å². The van der Waals surface area contributed by atoms with Gasteiger partial charge in [-0.3, -0.25) is 0 Å². The minimum absolute atomic E-state index is 0.201. The summed E-state index contributed by atoms with van der Waals surface area (Å²) < 4.78 is 0. The lowest BCUT2D eigenvalue weighted by Crippen LogP contribution is -2.46. The molecule has 1 fully saturated rings. The van der Waals surface area contributed by atoms with E-state index in [1.807, 2.05) is 12.1 Å². The van der Waals surface area contributed by atoms with E-state index in [1.165, 1.54) is 0 Å². The molecule has 23 heavy (non-hydrogen) atoms. The first kappa shape index (κ1) is 14.4. The summed E-state index contributed by atoms with van der Waals surface area (Å²) in [6, 6.07) is 5.65. The Balaban J connectivity index is 1.50. The van der Waals surface area contributed by atoms with Crippen molar-refractivity contribution in [2.75, 3.05) is 41.7 Å². The number of nitrogen functional groups attached to an aromatic ring is 1. The fourth-order valence-corrected chi connectivity index (χ4v) is 3.75. The smallest absolute Gasteiger partial charge is 0.223 e. The largest absolute Gasteiger partial charge is 0.368 e. The number of piperazine rings is 1. The van der Waals surface area contributed by atoms with Crippen LogP contribution in [-0.2, 0) is 0 Å². The summed E-state index contributed by atoms with van der Waals surface area (Å²) in [6.07, 6.45) is 1.80. The van der Waals surface area contributed by atoms with Gasteiger partial charge in [-0.25, -0.2) is 15.0 Å². The Bertz CT molecular complexity index is 791. The van der Waals surface area contributed by atoms with Crippen LogP contribution in [0.3, 0.4) is 0 Å². The Kier molecular flexibility index (Phi) is 3.62. The second-order valence-corrected chi connectivity index (χ2v) is 6.55. The lowest BCUT2D eigenvalue weighted by Gasteiger charge is -2.35. The molecule has 3 aromatic heterocycles. The molecule has 0 radical (unpaired) electrons. The van der Waals surface area contributed by atoms with Gasteiger partial charge in [-0.15, -0.1) is 0 Å². The number of anilines is 3. The first-order chi connectivity index (χ1) is 11.2. The van der Waals surface area contributed by atoms with Crippen LogP contribution >= 0.6 is 22.9 Å². The molecule has 0 unspecified atom stereocenters. The molecule has 1 aliphatic rings. The molecule has 118 valence electrons. The summed E-state index contributed by atoms with van der Waals surface area (Å²) in [4.78, 5) is 22.6. The van der Waals surface area contributed by atoms with E-state index in [0.29, 0.717) is 5.15 Å². The molecule has 1 saturated heterocycles. The maximum Gasteiger partial charge on any atom is 0.223 e. The summed E-state index contributed by atoms with van der Waals surface area (Å²) in [5, 5.41) is 1.38. The summed E-state index contributed by atoms with van der Waals surface area (Å²) in [7, 11) is 0. The Hall–Kier alpha value is -2.19. The van der Waals surface area contributed by atoms with Gasteiger partial charge in [-0.1, -0.05) is 22.9 Å². The number of hydrogen-bond acceptors (Lipinski definition) is 8.